The Balaban J connectivity index is 1.19. The minimum absolute atomic E-state index is 0.497. The number of aromatic nitrogens is 4. The highest BCUT2D eigenvalue weighted by Gasteiger charge is 2.31. The molecule has 0 aliphatic carbocycles. The van der Waals surface area contributed by atoms with E-state index in [4.69, 9.17) is 15.0 Å². The van der Waals surface area contributed by atoms with Crippen LogP contribution in [0, 0.1) is 20.8 Å². The third-order valence-corrected chi connectivity index (χ3v) is 14.4. The van der Waals surface area contributed by atoms with E-state index >= 15 is 0 Å². The highest BCUT2D eigenvalue weighted by Crippen LogP contribution is 2.45. The molecular formula is C61H41F3N4S. The Bertz CT molecular complexity index is 3930. The Morgan fingerprint density at radius 1 is 0.406 bits per heavy atom. The normalized spacial score (nSPS) is 11.9. The van der Waals surface area contributed by atoms with Crippen LogP contribution in [0.15, 0.2) is 194 Å². The molecule has 3 aromatic heterocycles. The van der Waals surface area contributed by atoms with Crippen LogP contribution in [0.1, 0.15) is 22.3 Å². The van der Waals surface area contributed by atoms with Gasteiger partial charge in [-0.1, -0.05) is 151 Å². The fraction of sp³-hybridized carbons (Fsp3) is 0.0656. The second-order valence-electron chi connectivity index (χ2n) is 17.7. The predicted molar refractivity (Wildman–Crippen MR) is 279 cm³/mol. The van der Waals surface area contributed by atoms with Crippen LogP contribution in [0.4, 0.5) is 13.2 Å². The van der Waals surface area contributed by atoms with Gasteiger partial charge in [0.1, 0.15) is 0 Å². The molecule has 0 unspecified atom stereocenters. The lowest BCUT2D eigenvalue weighted by Crippen LogP contribution is -2.05. The molecule has 8 heteroatoms. The number of fused-ring (bicyclic) bond motifs is 6. The summed E-state index contributed by atoms with van der Waals surface area (Å²) in [6, 6.07) is 64.9. The molecule has 0 saturated heterocycles. The van der Waals surface area contributed by atoms with Crippen LogP contribution >= 0.6 is 11.3 Å². The van der Waals surface area contributed by atoms with Gasteiger partial charge in [0.15, 0.2) is 17.5 Å². The summed E-state index contributed by atoms with van der Waals surface area (Å²) in [5.41, 5.74) is 13.2. The third kappa shape index (κ3) is 7.45. The van der Waals surface area contributed by atoms with Crippen molar-refractivity contribution in [1.82, 2.24) is 19.5 Å². The van der Waals surface area contributed by atoms with Crippen LogP contribution in [0.2, 0.25) is 0 Å². The van der Waals surface area contributed by atoms with E-state index in [9.17, 15) is 13.2 Å². The Labute approximate surface area is 400 Å². The Hall–Kier alpha value is -8.20. The number of halogens is 3. The van der Waals surface area contributed by atoms with E-state index in [1.165, 1.54) is 43.4 Å². The summed E-state index contributed by atoms with van der Waals surface area (Å²) >= 11 is 1.78. The molecule has 0 aliphatic heterocycles. The maximum absolute atomic E-state index is 13.9. The number of aryl methyl sites for hydroxylation is 3. The van der Waals surface area contributed by atoms with E-state index in [2.05, 4.69) is 128 Å². The quantitative estimate of drug-likeness (QED) is 0.160. The highest BCUT2D eigenvalue weighted by atomic mass is 32.1. The SMILES string of the molecule is Cc1ccc(-c2ccc3c4ccc(-c5ccc(C(F)(F)F)cc5C)cc4n(-c4ccc(-c5cccc6sc7ccccc7c56)cc4-c4nc(-c5ccccc5)nc(-c5ccccc5)n4)c3c2)c(C)c1. The van der Waals surface area contributed by atoms with Gasteiger partial charge in [0, 0.05) is 47.6 Å². The number of rotatable bonds is 7. The molecule has 0 N–H and O–H groups in total. The lowest BCUT2D eigenvalue weighted by Gasteiger charge is -2.17. The first kappa shape index (κ1) is 42.2. The van der Waals surface area contributed by atoms with Gasteiger partial charge in [0.05, 0.1) is 22.3 Å². The number of hydrogen-bond donors (Lipinski definition) is 0. The lowest BCUT2D eigenvalue weighted by atomic mass is 9.96. The molecule has 0 saturated carbocycles. The van der Waals surface area contributed by atoms with Crippen molar-refractivity contribution in [1.29, 1.82) is 0 Å². The van der Waals surface area contributed by atoms with E-state index in [1.807, 2.05) is 66.7 Å². The van der Waals surface area contributed by atoms with Gasteiger partial charge < -0.3 is 4.57 Å². The number of alkyl halides is 3. The summed E-state index contributed by atoms with van der Waals surface area (Å²) in [5.74, 6) is 1.58. The van der Waals surface area contributed by atoms with Crippen molar-refractivity contribution in [2.24, 2.45) is 0 Å². The van der Waals surface area contributed by atoms with Crippen LogP contribution in [-0.2, 0) is 6.18 Å². The summed E-state index contributed by atoms with van der Waals surface area (Å²) in [6.45, 7) is 5.99. The predicted octanol–water partition coefficient (Wildman–Crippen LogP) is 17.3. The number of benzene rings is 9. The van der Waals surface area contributed by atoms with Gasteiger partial charge in [-0.2, -0.15) is 13.2 Å². The molecule has 0 aliphatic rings. The summed E-state index contributed by atoms with van der Waals surface area (Å²) in [7, 11) is 0. The van der Waals surface area contributed by atoms with Gasteiger partial charge in [-0.25, -0.2) is 15.0 Å². The van der Waals surface area contributed by atoms with Crippen molar-refractivity contribution in [3.8, 4) is 73.2 Å². The largest absolute Gasteiger partial charge is 0.416 e. The minimum Gasteiger partial charge on any atom is -0.308 e. The van der Waals surface area contributed by atoms with Gasteiger partial charge in [0.25, 0.3) is 0 Å². The smallest absolute Gasteiger partial charge is 0.308 e. The molecule has 0 radical (unpaired) electrons. The molecule has 12 rings (SSSR count). The summed E-state index contributed by atoms with van der Waals surface area (Å²) in [6.07, 6.45) is -4.45. The zero-order valence-electron chi connectivity index (χ0n) is 37.8. The Kier molecular flexibility index (Phi) is 10.1. The Morgan fingerprint density at radius 3 is 1.58 bits per heavy atom. The van der Waals surface area contributed by atoms with Crippen LogP contribution in [0.5, 0.6) is 0 Å². The second kappa shape index (κ2) is 16.5. The number of nitrogens with zero attached hydrogens (tertiary/aromatic N) is 4. The van der Waals surface area contributed by atoms with Crippen molar-refractivity contribution in [3.05, 3.63) is 216 Å². The summed E-state index contributed by atoms with van der Waals surface area (Å²) < 4.78 is 46.5. The molecule has 12 aromatic rings. The molecule has 0 spiro atoms. The van der Waals surface area contributed by atoms with Crippen molar-refractivity contribution in [2.45, 2.75) is 26.9 Å². The molecule has 69 heavy (non-hydrogen) atoms. The zero-order chi connectivity index (χ0) is 47.0. The van der Waals surface area contributed by atoms with Gasteiger partial charge in [-0.3, -0.25) is 0 Å². The molecule has 0 amide bonds. The number of hydrogen-bond acceptors (Lipinski definition) is 4. The molecule has 4 nitrogen and oxygen atoms in total. The second-order valence-corrected chi connectivity index (χ2v) is 18.8. The van der Waals surface area contributed by atoms with Gasteiger partial charge in [-0.05, 0) is 114 Å². The van der Waals surface area contributed by atoms with Crippen molar-refractivity contribution >= 4 is 53.3 Å². The molecule has 0 fully saturated rings. The minimum atomic E-state index is -4.45. The average Bonchev–Trinajstić information content (AvgIpc) is 3.91. The molecule has 9 aromatic carbocycles. The van der Waals surface area contributed by atoms with E-state index in [0.717, 1.165) is 77.6 Å². The summed E-state index contributed by atoms with van der Waals surface area (Å²) in [4.78, 5) is 15.7. The first-order chi connectivity index (χ1) is 33.6. The van der Waals surface area contributed by atoms with E-state index in [-0.39, 0.29) is 0 Å². The zero-order valence-corrected chi connectivity index (χ0v) is 38.6. The van der Waals surface area contributed by atoms with Crippen molar-refractivity contribution in [2.75, 3.05) is 0 Å². The standard InChI is InChI=1S/C61H41F3N4S/c1-36-21-26-45(37(2)31-36)42-22-27-48-49-28-23-43(46-29-25-44(32-38(46)3)61(62,63)64)35-54(49)68(53(48)34-42)52-30-24-41(47-18-12-20-56-57(47)50-17-10-11-19-55(50)69-56)33-51(52)60-66-58(39-13-6-4-7-14-39)65-59(67-60)40-15-8-5-9-16-40/h4-35H,1-3H3. The topological polar surface area (TPSA) is 43.6 Å². The molecular weight excluding hydrogens is 878 g/mol. The molecule has 332 valence electrons. The highest BCUT2D eigenvalue weighted by molar-refractivity contribution is 7.25. The van der Waals surface area contributed by atoms with E-state index in [1.54, 1.807) is 24.3 Å². The van der Waals surface area contributed by atoms with Crippen LogP contribution in [0.25, 0.3) is 115 Å². The fourth-order valence-corrected chi connectivity index (χ4v) is 11.1. The summed E-state index contributed by atoms with van der Waals surface area (Å²) in [5, 5.41) is 4.42. The maximum Gasteiger partial charge on any atom is 0.416 e. The monoisotopic (exact) mass is 918 g/mol. The number of thiophene rings is 1. The lowest BCUT2D eigenvalue weighted by molar-refractivity contribution is -0.137. The molecule has 0 bridgehead atoms. The van der Waals surface area contributed by atoms with Crippen LogP contribution < -0.4 is 0 Å². The van der Waals surface area contributed by atoms with Crippen LogP contribution in [0.3, 0.4) is 0 Å². The average molecular weight is 919 g/mol. The van der Waals surface area contributed by atoms with Gasteiger partial charge in [-0.15, -0.1) is 11.3 Å². The van der Waals surface area contributed by atoms with Gasteiger partial charge >= 0.3 is 6.18 Å². The van der Waals surface area contributed by atoms with Crippen LogP contribution in [-0.4, -0.2) is 19.5 Å². The third-order valence-electron chi connectivity index (χ3n) is 13.2. The Morgan fingerprint density at radius 2 is 0.957 bits per heavy atom. The maximum atomic E-state index is 13.9. The molecule has 3 heterocycles. The van der Waals surface area contributed by atoms with Crippen molar-refractivity contribution in [3.63, 3.8) is 0 Å². The first-order valence-electron chi connectivity index (χ1n) is 22.8. The van der Waals surface area contributed by atoms with E-state index < -0.39 is 11.7 Å². The van der Waals surface area contributed by atoms with E-state index in [0.29, 0.717) is 23.0 Å². The first-order valence-corrected chi connectivity index (χ1v) is 23.6. The molecule has 0 atom stereocenters. The fourth-order valence-electron chi connectivity index (χ4n) is 9.94. The van der Waals surface area contributed by atoms with Gasteiger partial charge in [0.2, 0.25) is 0 Å². The van der Waals surface area contributed by atoms with Crippen molar-refractivity contribution < 1.29 is 13.2 Å².